The Labute approximate surface area is 262 Å². The Kier molecular flexibility index (Phi) is 10.8. The largest absolute Gasteiger partial charge is 0.481 e. The number of benzene rings is 1. The highest BCUT2D eigenvalue weighted by molar-refractivity contribution is 5.99. The molecule has 13 nitrogen and oxygen atoms in total. The molecular weight excluding hydrogens is 580 g/mol. The van der Waals surface area contributed by atoms with Crippen molar-refractivity contribution in [3.05, 3.63) is 36.0 Å². The number of aromatic amines is 1. The van der Waals surface area contributed by atoms with Crippen LogP contribution in [0.15, 0.2) is 30.5 Å². The Hall–Kier alpha value is -4.42. The monoisotopic (exact) mass is 624 g/mol. The van der Waals surface area contributed by atoms with E-state index in [0.29, 0.717) is 19.3 Å². The number of amides is 5. The minimum absolute atomic E-state index is 0.00900. The summed E-state index contributed by atoms with van der Waals surface area (Å²) in [5.41, 5.74) is 1.55. The quantitative estimate of drug-likeness (QED) is 0.254. The van der Waals surface area contributed by atoms with E-state index in [1.54, 1.807) is 6.20 Å². The van der Waals surface area contributed by atoms with Crippen molar-refractivity contribution in [3.63, 3.8) is 0 Å². The lowest BCUT2D eigenvalue weighted by atomic mass is 9.96. The number of aliphatic carboxylic acids is 1. The third-order valence-electron chi connectivity index (χ3n) is 8.70. The zero-order chi connectivity index (χ0) is 32.8. The smallest absolute Gasteiger partial charge is 0.305 e. The van der Waals surface area contributed by atoms with Crippen LogP contribution in [0.4, 0.5) is 0 Å². The molecule has 2 aliphatic rings. The number of carbonyl (C=O) groups excluding carboxylic acids is 5. The maximum Gasteiger partial charge on any atom is 0.305 e. The number of hydrogen-bond acceptors (Lipinski definition) is 6. The van der Waals surface area contributed by atoms with Gasteiger partial charge >= 0.3 is 5.97 Å². The van der Waals surface area contributed by atoms with Crippen LogP contribution in [0.25, 0.3) is 10.9 Å². The summed E-state index contributed by atoms with van der Waals surface area (Å²) in [4.78, 5) is 84.9. The van der Waals surface area contributed by atoms with Crippen LogP contribution in [0.5, 0.6) is 0 Å². The SMILES string of the molecule is CC[C@H](C)[C@@H]1NC(=O)[C@H]2CCCN2C(=O)[C@H](CC(=O)O)NC(=O)[C@H](Cc2c[nH]c3ccccc23)NC(=O)[C@@H](CC(C)C)NC1=O. The third kappa shape index (κ3) is 8.00. The molecule has 2 aliphatic heterocycles. The molecule has 2 aromatic rings. The predicted octanol–water partition coefficient (Wildman–Crippen LogP) is 1.22. The summed E-state index contributed by atoms with van der Waals surface area (Å²) in [7, 11) is 0. The van der Waals surface area contributed by atoms with E-state index in [9.17, 15) is 33.9 Å². The van der Waals surface area contributed by atoms with E-state index in [0.717, 1.165) is 16.5 Å². The molecule has 1 aromatic carbocycles. The topological polar surface area (TPSA) is 190 Å². The first-order valence-electron chi connectivity index (χ1n) is 15.7. The maximum atomic E-state index is 13.9. The molecule has 0 spiro atoms. The number of hydrogen-bond donors (Lipinski definition) is 6. The van der Waals surface area contributed by atoms with Crippen LogP contribution < -0.4 is 21.3 Å². The highest BCUT2D eigenvalue weighted by Gasteiger charge is 2.41. The van der Waals surface area contributed by atoms with Crippen LogP contribution in [0.1, 0.15) is 65.4 Å². The molecule has 3 heterocycles. The van der Waals surface area contributed by atoms with Crippen molar-refractivity contribution in [2.75, 3.05) is 6.54 Å². The number of carboxylic acid groups (broad SMARTS) is 1. The van der Waals surface area contributed by atoms with Gasteiger partial charge in [-0.05, 0) is 42.7 Å². The van der Waals surface area contributed by atoms with Gasteiger partial charge in [-0.3, -0.25) is 28.8 Å². The van der Waals surface area contributed by atoms with Gasteiger partial charge in [0, 0.05) is 30.1 Å². The van der Waals surface area contributed by atoms with Crippen LogP contribution in [-0.4, -0.2) is 87.2 Å². The van der Waals surface area contributed by atoms with Gasteiger partial charge in [0.15, 0.2) is 0 Å². The zero-order valence-electron chi connectivity index (χ0n) is 26.2. The molecule has 45 heavy (non-hydrogen) atoms. The fourth-order valence-corrected chi connectivity index (χ4v) is 6.07. The van der Waals surface area contributed by atoms with E-state index < -0.39 is 72.1 Å². The van der Waals surface area contributed by atoms with Gasteiger partial charge in [0.1, 0.15) is 30.2 Å². The van der Waals surface area contributed by atoms with Gasteiger partial charge in [-0.1, -0.05) is 52.3 Å². The summed E-state index contributed by atoms with van der Waals surface area (Å²) in [6.07, 6.45) is 2.67. The number of H-pyrrole nitrogens is 1. The van der Waals surface area contributed by atoms with Gasteiger partial charge in [-0.15, -0.1) is 0 Å². The van der Waals surface area contributed by atoms with Crippen molar-refractivity contribution in [2.45, 2.75) is 96.4 Å². The second-order valence-electron chi connectivity index (χ2n) is 12.5. The Morgan fingerprint density at radius 3 is 2.27 bits per heavy atom. The van der Waals surface area contributed by atoms with Crippen LogP contribution in [-0.2, 0) is 35.2 Å². The van der Waals surface area contributed by atoms with E-state index in [4.69, 9.17) is 0 Å². The molecule has 6 N–H and O–H groups in total. The van der Waals surface area contributed by atoms with Crippen molar-refractivity contribution >= 4 is 46.4 Å². The van der Waals surface area contributed by atoms with Crippen LogP contribution in [0.3, 0.4) is 0 Å². The van der Waals surface area contributed by atoms with Crippen molar-refractivity contribution in [1.82, 2.24) is 31.2 Å². The number of para-hydroxylation sites is 1. The average Bonchev–Trinajstić information content (AvgIpc) is 3.65. The van der Waals surface area contributed by atoms with Crippen molar-refractivity contribution in [3.8, 4) is 0 Å². The maximum absolute atomic E-state index is 13.9. The first-order valence-corrected chi connectivity index (χ1v) is 15.7. The lowest BCUT2D eigenvalue weighted by Gasteiger charge is -2.31. The summed E-state index contributed by atoms with van der Waals surface area (Å²) in [5.74, 6) is -4.77. The first kappa shape index (κ1) is 33.5. The molecule has 13 heteroatoms. The van der Waals surface area contributed by atoms with Gasteiger partial charge in [0.25, 0.3) is 0 Å². The molecule has 244 valence electrons. The van der Waals surface area contributed by atoms with Gasteiger partial charge in [-0.2, -0.15) is 0 Å². The number of carboxylic acids is 1. The van der Waals surface area contributed by atoms with E-state index in [1.165, 1.54) is 4.90 Å². The van der Waals surface area contributed by atoms with Crippen LogP contribution >= 0.6 is 0 Å². The molecular formula is C32H44N6O7. The average molecular weight is 625 g/mol. The Balaban J connectivity index is 1.77. The number of nitrogens with one attached hydrogen (secondary N) is 5. The number of carbonyl (C=O) groups is 6. The van der Waals surface area contributed by atoms with Crippen LogP contribution in [0, 0.1) is 11.8 Å². The third-order valence-corrected chi connectivity index (χ3v) is 8.70. The molecule has 5 amide bonds. The summed E-state index contributed by atoms with van der Waals surface area (Å²) >= 11 is 0. The summed E-state index contributed by atoms with van der Waals surface area (Å²) in [5, 5.41) is 21.5. The minimum atomic E-state index is -1.48. The number of fused-ring (bicyclic) bond motifs is 2. The Morgan fingerprint density at radius 2 is 1.58 bits per heavy atom. The van der Waals surface area contributed by atoms with Gasteiger partial charge < -0.3 is 36.3 Å². The second-order valence-corrected chi connectivity index (χ2v) is 12.5. The summed E-state index contributed by atoms with van der Waals surface area (Å²) in [6.45, 7) is 7.68. The summed E-state index contributed by atoms with van der Waals surface area (Å²) < 4.78 is 0. The second kappa shape index (κ2) is 14.6. The molecule has 0 aliphatic carbocycles. The van der Waals surface area contributed by atoms with Gasteiger partial charge in [0.2, 0.25) is 29.5 Å². The molecule has 0 radical (unpaired) electrons. The number of aromatic nitrogens is 1. The van der Waals surface area contributed by atoms with Gasteiger partial charge in [0.05, 0.1) is 6.42 Å². The Bertz CT molecular complexity index is 1440. The lowest BCUT2D eigenvalue weighted by molar-refractivity contribution is -0.146. The fraction of sp³-hybridized carbons (Fsp3) is 0.562. The number of rotatable bonds is 8. The highest BCUT2D eigenvalue weighted by atomic mass is 16.4. The van der Waals surface area contributed by atoms with Gasteiger partial charge in [-0.25, -0.2) is 0 Å². The van der Waals surface area contributed by atoms with E-state index in [2.05, 4.69) is 26.3 Å². The molecule has 6 atom stereocenters. The standard InChI is InChI=1S/C32H44N6O7/c1-5-18(4)27-31(44)35-22(13-17(2)3)28(41)34-23(14-19-16-33-21-10-7-6-9-20(19)21)29(42)36-24(15-26(39)40)32(45)38-12-8-11-25(38)30(43)37-27/h6-7,9-10,16-18,22-25,27,33H,5,8,11-15H2,1-4H3,(H,34,41)(H,35,44)(H,36,42)(H,37,43)(H,39,40)/t18-,22+,23-,24-,25+,27-/m0/s1. The van der Waals surface area contributed by atoms with Crippen molar-refractivity contribution in [2.24, 2.45) is 11.8 Å². The predicted molar refractivity (Wildman–Crippen MR) is 166 cm³/mol. The molecule has 2 fully saturated rings. The molecule has 0 unspecified atom stereocenters. The lowest BCUT2D eigenvalue weighted by Crippen LogP contribution is -2.59. The molecule has 2 saturated heterocycles. The Morgan fingerprint density at radius 1 is 0.911 bits per heavy atom. The normalized spacial score (nSPS) is 25.9. The molecule has 1 aromatic heterocycles. The van der Waals surface area contributed by atoms with E-state index in [1.807, 2.05) is 52.0 Å². The minimum Gasteiger partial charge on any atom is -0.481 e. The molecule has 0 saturated carbocycles. The highest BCUT2D eigenvalue weighted by Crippen LogP contribution is 2.22. The summed E-state index contributed by atoms with van der Waals surface area (Å²) in [6, 6.07) is 1.82. The first-order chi connectivity index (χ1) is 21.4. The van der Waals surface area contributed by atoms with E-state index in [-0.39, 0.29) is 31.2 Å². The number of nitrogens with zero attached hydrogens (tertiary/aromatic N) is 1. The molecule has 4 rings (SSSR count). The fourth-order valence-electron chi connectivity index (χ4n) is 6.07. The van der Waals surface area contributed by atoms with Crippen molar-refractivity contribution < 1.29 is 33.9 Å². The zero-order valence-corrected chi connectivity index (χ0v) is 26.2. The van der Waals surface area contributed by atoms with Crippen molar-refractivity contribution in [1.29, 1.82) is 0 Å². The molecule has 0 bridgehead atoms. The van der Waals surface area contributed by atoms with Crippen LogP contribution in [0.2, 0.25) is 0 Å². The van der Waals surface area contributed by atoms with E-state index >= 15 is 0 Å².